The Morgan fingerprint density at radius 1 is 1.08 bits per heavy atom. The van der Waals surface area contributed by atoms with Crippen molar-refractivity contribution in [2.75, 3.05) is 11.9 Å². The summed E-state index contributed by atoms with van der Waals surface area (Å²) in [6, 6.07) is 7.29. The monoisotopic (exact) mass is 345 g/mol. The number of amides is 1. The minimum Gasteiger partial charge on any atom is -0.454 e. The molecule has 7 heteroatoms. The number of ether oxygens (including phenoxy) is 1. The van der Waals surface area contributed by atoms with Gasteiger partial charge in [-0.3, -0.25) is 9.59 Å². The highest BCUT2D eigenvalue weighted by Gasteiger charge is 2.27. The molecule has 0 aliphatic carbocycles. The van der Waals surface area contributed by atoms with Gasteiger partial charge in [-0.2, -0.15) is 0 Å². The minimum absolute atomic E-state index is 0.149. The number of fused-ring (bicyclic) bond motifs is 1. The summed E-state index contributed by atoms with van der Waals surface area (Å²) < 4.78 is 30.8. The highest BCUT2D eigenvalue weighted by molar-refractivity contribution is 6.05. The smallest absolute Gasteiger partial charge is 0.338 e. The second-order valence-electron chi connectivity index (χ2n) is 5.64. The van der Waals surface area contributed by atoms with Gasteiger partial charge < -0.3 is 10.1 Å². The van der Waals surface area contributed by atoms with Gasteiger partial charge in [-0.05, 0) is 48.9 Å². The van der Waals surface area contributed by atoms with Gasteiger partial charge in [-0.15, -0.1) is 0 Å². The Bertz CT molecular complexity index is 895. The van der Waals surface area contributed by atoms with Crippen molar-refractivity contribution in [1.82, 2.24) is 0 Å². The van der Waals surface area contributed by atoms with Gasteiger partial charge in [0, 0.05) is 11.3 Å². The van der Waals surface area contributed by atoms with E-state index in [4.69, 9.17) is 4.74 Å². The molecule has 0 aromatic heterocycles. The van der Waals surface area contributed by atoms with Crippen molar-refractivity contribution < 1.29 is 27.9 Å². The van der Waals surface area contributed by atoms with Crippen LogP contribution in [0.1, 0.15) is 39.1 Å². The summed E-state index contributed by atoms with van der Waals surface area (Å²) in [7, 11) is 0. The predicted molar refractivity (Wildman–Crippen MR) is 84.5 cm³/mol. The fourth-order valence-corrected chi connectivity index (χ4v) is 2.51. The maximum Gasteiger partial charge on any atom is 0.338 e. The number of Topliss-reactive ketones (excluding diaryl/α,β-unsaturated/α-hetero) is 1. The normalized spacial score (nSPS) is 15.5. The predicted octanol–water partition coefficient (Wildman–Crippen LogP) is 3.06. The molecule has 0 unspecified atom stereocenters. The SMILES string of the molecule is C[C@H]1C(=O)Nc2ccc(C(=O)COC(=O)c3ccc(F)c(F)c3)cc21. The molecule has 0 radical (unpaired) electrons. The van der Waals surface area contributed by atoms with Crippen molar-refractivity contribution in [3.63, 3.8) is 0 Å². The number of hydrogen-bond donors (Lipinski definition) is 1. The Labute approximate surface area is 141 Å². The highest BCUT2D eigenvalue weighted by Crippen LogP contribution is 2.32. The summed E-state index contributed by atoms with van der Waals surface area (Å²) >= 11 is 0. The molecule has 0 saturated heterocycles. The molecule has 1 aliphatic rings. The maximum absolute atomic E-state index is 13.1. The molecule has 0 fully saturated rings. The quantitative estimate of drug-likeness (QED) is 0.683. The number of rotatable bonds is 4. The topological polar surface area (TPSA) is 72.5 Å². The molecule has 1 heterocycles. The molecule has 0 spiro atoms. The molecule has 2 aromatic carbocycles. The van der Waals surface area contributed by atoms with Gasteiger partial charge in [0.1, 0.15) is 0 Å². The first-order valence-electron chi connectivity index (χ1n) is 7.47. The summed E-state index contributed by atoms with van der Waals surface area (Å²) in [5.74, 6) is -4.17. The molecule has 1 atom stereocenters. The summed E-state index contributed by atoms with van der Waals surface area (Å²) in [6.45, 7) is 1.17. The van der Waals surface area contributed by atoms with E-state index in [2.05, 4.69) is 5.32 Å². The lowest BCUT2D eigenvalue weighted by Gasteiger charge is -2.07. The van der Waals surface area contributed by atoms with E-state index in [0.29, 0.717) is 22.9 Å². The fourth-order valence-electron chi connectivity index (χ4n) is 2.51. The summed E-state index contributed by atoms with van der Waals surface area (Å²) in [5, 5.41) is 2.69. The van der Waals surface area contributed by atoms with Crippen LogP contribution in [0.3, 0.4) is 0 Å². The second-order valence-corrected chi connectivity index (χ2v) is 5.64. The van der Waals surface area contributed by atoms with Crippen molar-refractivity contribution in [1.29, 1.82) is 0 Å². The average Bonchev–Trinajstić information content (AvgIpc) is 2.88. The van der Waals surface area contributed by atoms with Crippen LogP contribution in [0.5, 0.6) is 0 Å². The lowest BCUT2D eigenvalue weighted by molar-refractivity contribution is -0.116. The largest absolute Gasteiger partial charge is 0.454 e. The summed E-state index contributed by atoms with van der Waals surface area (Å²) in [5.41, 5.74) is 1.44. The maximum atomic E-state index is 13.1. The first-order valence-corrected chi connectivity index (χ1v) is 7.47. The third-order valence-electron chi connectivity index (χ3n) is 3.98. The second kappa shape index (κ2) is 6.43. The summed E-state index contributed by atoms with van der Waals surface area (Å²) in [4.78, 5) is 35.6. The van der Waals surface area contributed by atoms with E-state index in [9.17, 15) is 23.2 Å². The van der Waals surface area contributed by atoms with Crippen LogP contribution < -0.4 is 5.32 Å². The fraction of sp³-hybridized carbons (Fsp3) is 0.167. The molecule has 2 aromatic rings. The number of carbonyl (C=O) groups excluding carboxylic acids is 3. The average molecular weight is 345 g/mol. The first-order chi connectivity index (χ1) is 11.9. The van der Waals surface area contributed by atoms with Crippen LogP contribution in [0.4, 0.5) is 14.5 Å². The lowest BCUT2D eigenvalue weighted by Crippen LogP contribution is -2.15. The third kappa shape index (κ3) is 3.26. The van der Waals surface area contributed by atoms with Gasteiger partial charge in [0.05, 0.1) is 11.5 Å². The highest BCUT2D eigenvalue weighted by atomic mass is 19.2. The zero-order valence-corrected chi connectivity index (χ0v) is 13.1. The van der Waals surface area contributed by atoms with Crippen LogP contribution in [-0.2, 0) is 9.53 Å². The molecule has 25 heavy (non-hydrogen) atoms. The van der Waals surface area contributed by atoms with Crippen molar-refractivity contribution >= 4 is 23.3 Å². The van der Waals surface area contributed by atoms with Crippen molar-refractivity contribution in [3.8, 4) is 0 Å². The van der Waals surface area contributed by atoms with Gasteiger partial charge in [0.15, 0.2) is 24.0 Å². The van der Waals surface area contributed by atoms with E-state index in [-0.39, 0.29) is 17.4 Å². The Morgan fingerprint density at radius 3 is 2.52 bits per heavy atom. The van der Waals surface area contributed by atoms with E-state index in [1.54, 1.807) is 19.1 Å². The number of anilines is 1. The van der Waals surface area contributed by atoms with Crippen LogP contribution in [-0.4, -0.2) is 24.3 Å². The standard InChI is InChI=1S/C18H13F2NO4/c1-9-12-6-10(3-5-15(12)21-17(9)23)16(22)8-25-18(24)11-2-4-13(19)14(20)7-11/h2-7,9H,8H2,1H3,(H,21,23)/t9-/m1/s1. The van der Waals surface area contributed by atoms with Gasteiger partial charge in [-0.25, -0.2) is 13.6 Å². The van der Waals surface area contributed by atoms with Crippen molar-refractivity contribution in [2.24, 2.45) is 0 Å². The summed E-state index contributed by atoms with van der Waals surface area (Å²) in [6.07, 6.45) is 0. The van der Waals surface area contributed by atoms with Gasteiger partial charge in [-0.1, -0.05) is 0 Å². The van der Waals surface area contributed by atoms with E-state index >= 15 is 0 Å². The van der Waals surface area contributed by atoms with Crippen LogP contribution in [0.2, 0.25) is 0 Å². The minimum atomic E-state index is -1.18. The number of hydrogen-bond acceptors (Lipinski definition) is 4. The van der Waals surface area contributed by atoms with Gasteiger partial charge in [0.2, 0.25) is 5.91 Å². The molecule has 1 amide bonds. The van der Waals surface area contributed by atoms with Crippen LogP contribution >= 0.6 is 0 Å². The molecule has 0 bridgehead atoms. The number of ketones is 1. The third-order valence-corrected chi connectivity index (χ3v) is 3.98. The Kier molecular flexibility index (Phi) is 4.31. The Hall–Kier alpha value is -3.09. The molecule has 1 N–H and O–H groups in total. The molecule has 0 saturated carbocycles. The van der Waals surface area contributed by atoms with Crippen molar-refractivity contribution in [2.45, 2.75) is 12.8 Å². The molecular formula is C18H13F2NO4. The first kappa shape index (κ1) is 16.8. The number of nitrogens with one attached hydrogen (secondary N) is 1. The molecule has 5 nitrogen and oxygen atoms in total. The van der Waals surface area contributed by atoms with E-state index < -0.39 is 30.0 Å². The Morgan fingerprint density at radius 2 is 1.80 bits per heavy atom. The Balaban J connectivity index is 1.68. The van der Waals surface area contributed by atoms with Crippen LogP contribution in [0.15, 0.2) is 36.4 Å². The van der Waals surface area contributed by atoms with E-state index in [0.717, 1.165) is 12.1 Å². The van der Waals surface area contributed by atoms with E-state index in [1.165, 1.54) is 6.07 Å². The molecular weight excluding hydrogens is 332 g/mol. The van der Waals surface area contributed by atoms with Crippen molar-refractivity contribution in [3.05, 3.63) is 64.7 Å². The lowest BCUT2D eigenvalue weighted by atomic mass is 9.99. The molecule has 1 aliphatic heterocycles. The molecule has 3 rings (SSSR count). The van der Waals surface area contributed by atoms with Crippen LogP contribution in [0, 0.1) is 11.6 Å². The van der Waals surface area contributed by atoms with Crippen LogP contribution in [0.25, 0.3) is 0 Å². The zero-order chi connectivity index (χ0) is 18.1. The van der Waals surface area contributed by atoms with E-state index in [1.807, 2.05) is 0 Å². The number of halogens is 2. The van der Waals surface area contributed by atoms with Gasteiger partial charge >= 0.3 is 5.97 Å². The number of carbonyl (C=O) groups is 3. The molecule has 128 valence electrons. The van der Waals surface area contributed by atoms with Gasteiger partial charge in [0.25, 0.3) is 0 Å². The number of benzene rings is 2. The zero-order valence-electron chi connectivity index (χ0n) is 13.1. The number of esters is 1.